The first kappa shape index (κ1) is 33.1. The lowest BCUT2D eigenvalue weighted by atomic mass is 9.91. The highest BCUT2D eigenvalue weighted by Gasteiger charge is 2.52. The number of nitrogens with zero attached hydrogens (tertiary/aromatic N) is 1. The van der Waals surface area contributed by atoms with Gasteiger partial charge >= 0.3 is 5.97 Å². The second-order valence-electron chi connectivity index (χ2n) is 12.8. The van der Waals surface area contributed by atoms with E-state index in [0.717, 1.165) is 0 Å². The van der Waals surface area contributed by atoms with Crippen LogP contribution in [0.25, 0.3) is 0 Å². The van der Waals surface area contributed by atoms with Crippen molar-refractivity contribution >= 4 is 24.7 Å². The standard InChI is InChI=1S/C35H47NO6Si/c1-25-17-18-32(34(37)39-6)41-33(25)24-27(38-5)22-28-23-29(21-26(40-28)19-20-36)42-43(35(2,3)4,30-13-9-7-10-14-30)31-15-11-8-12-16-31/h7-18,25-29,32-33H,19,21-24H2,1-6H3/t25-,26-,27-,28+,29-,32-,33+/m0/s1. The topological polar surface area (TPSA) is 87.0 Å². The summed E-state index contributed by atoms with van der Waals surface area (Å²) in [6.45, 7) is 8.93. The number of carbonyl (C=O) groups excluding carboxylic acids is 1. The molecule has 2 heterocycles. The summed E-state index contributed by atoms with van der Waals surface area (Å²) in [6.07, 6.45) is 5.19. The fourth-order valence-corrected chi connectivity index (χ4v) is 11.3. The number of carbonyl (C=O) groups is 1. The van der Waals surface area contributed by atoms with Crippen molar-refractivity contribution in [3.05, 3.63) is 72.8 Å². The summed E-state index contributed by atoms with van der Waals surface area (Å²) in [6, 6.07) is 23.6. The first-order valence-corrected chi connectivity index (χ1v) is 17.3. The summed E-state index contributed by atoms with van der Waals surface area (Å²) in [5.41, 5.74) is 0. The largest absolute Gasteiger partial charge is 0.467 e. The molecule has 0 unspecified atom stereocenters. The van der Waals surface area contributed by atoms with E-state index in [9.17, 15) is 10.1 Å². The predicted molar refractivity (Wildman–Crippen MR) is 170 cm³/mol. The van der Waals surface area contributed by atoms with Crippen molar-refractivity contribution in [1.29, 1.82) is 5.26 Å². The van der Waals surface area contributed by atoms with Crippen LogP contribution in [0.15, 0.2) is 72.8 Å². The van der Waals surface area contributed by atoms with E-state index in [0.29, 0.717) is 32.1 Å². The molecule has 7 atom stereocenters. The molecular weight excluding hydrogens is 558 g/mol. The number of hydrogen-bond acceptors (Lipinski definition) is 7. The minimum atomic E-state index is -2.77. The molecule has 2 aliphatic rings. The molecule has 2 aliphatic heterocycles. The van der Waals surface area contributed by atoms with E-state index < -0.39 is 20.4 Å². The summed E-state index contributed by atoms with van der Waals surface area (Å²) < 4.78 is 30.9. The highest BCUT2D eigenvalue weighted by molar-refractivity contribution is 6.99. The fraction of sp³-hybridized carbons (Fsp3) is 0.543. The predicted octanol–water partition coefficient (Wildman–Crippen LogP) is 5.32. The Bertz CT molecular complexity index is 1200. The van der Waals surface area contributed by atoms with Crippen molar-refractivity contribution in [3.63, 3.8) is 0 Å². The molecule has 0 bridgehead atoms. The number of hydrogen-bond donors (Lipinski definition) is 0. The highest BCUT2D eigenvalue weighted by Crippen LogP contribution is 2.40. The van der Waals surface area contributed by atoms with Crippen LogP contribution in [-0.2, 0) is 28.2 Å². The van der Waals surface area contributed by atoms with Gasteiger partial charge in [-0.1, -0.05) is 94.4 Å². The molecule has 4 rings (SSSR count). The van der Waals surface area contributed by atoms with Crippen LogP contribution in [0.2, 0.25) is 5.04 Å². The summed E-state index contributed by atoms with van der Waals surface area (Å²) in [5, 5.41) is 11.9. The van der Waals surface area contributed by atoms with Gasteiger partial charge in [0.15, 0.2) is 6.10 Å². The fourth-order valence-electron chi connectivity index (χ4n) is 6.61. The summed E-state index contributed by atoms with van der Waals surface area (Å²) in [5.74, 6) is -0.274. The molecule has 43 heavy (non-hydrogen) atoms. The van der Waals surface area contributed by atoms with Crippen molar-refractivity contribution in [1.82, 2.24) is 0 Å². The number of methoxy groups -OCH3 is 2. The third-order valence-corrected chi connectivity index (χ3v) is 13.9. The molecule has 2 aromatic rings. The van der Waals surface area contributed by atoms with E-state index in [1.807, 2.05) is 6.08 Å². The van der Waals surface area contributed by atoms with Crippen molar-refractivity contribution in [2.24, 2.45) is 5.92 Å². The quantitative estimate of drug-likeness (QED) is 0.195. The van der Waals surface area contributed by atoms with Crippen molar-refractivity contribution in [3.8, 4) is 6.07 Å². The van der Waals surface area contributed by atoms with Crippen LogP contribution in [0.4, 0.5) is 0 Å². The Morgan fingerprint density at radius 3 is 2.09 bits per heavy atom. The number of esters is 1. The second-order valence-corrected chi connectivity index (χ2v) is 17.1. The van der Waals surface area contributed by atoms with E-state index >= 15 is 0 Å². The molecule has 1 saturated heterocycles. The third-order valence-electron chi connectivity index (χ3n) is 8.80. The highest BCUT2D eigenvalue weighted by atomic mass is 28.4. The maximum atomic E-state index is 12.1. The van der Waals surface area contributed by atoms with Gasteiger partial charge in [0.1, 0.15) is 0 Å². The van der Waals surface area contributed by atoms with E-state index in [2.05, 4.69) is 94.4 Å². The van der Waals surface area contributed by atoms with Gasteiger partial charge in [0.2, 0.25) is 0 Å². The molecule has 0 N–H and O–H groups in total. The average molecular weight is 606 g/mol. The van der Waals surface area contributed by atoms with E-state index in [1.165, 1.54) is 17.5 Å². The summed E-state index contributed by atoms with van der Waals surface area (Å²) >= 11 is 0. The lowest BCUT2D eigenvalue weighted by molar-refractivity contribution is -0.158. The minimum Gasteiger partial charge on any atom is -0.467 e. The van der Waals surface area contributed by atoms with Gasteiger partial charge in [0.25, 0.3) is 8.32 Å². The van der Waals surface area contributed by atoms with E-state index in [-0.39, 0.29) is 41.5 Å². The molecule has 0 amide bonds. The monoisotopic (exact) mass is 605 g/mol. The van der Waals surface area contributed by atoms with E-state index in [1.54, 1.807) is 13.2 Å². The molecular formula is C35H47NO6Si. The van der Waals surface area contributed by atoms with Gasteiger partial charge < -0.3 is 23.4 Å². The smallest absolute Gasteiger partial charge is 0.339 e. The summed E-state index contributed by atoms with van der Waals surface area (Å²) in [7, 11) is 0.300. The molecule has 8 heteroatoms. The van der Waals surface area contributed by atoms with Gasteiger partial charge in [-0.3, -0.25) is 0 Å². The Morgan fingerprint density at radius 1 is 0.953 bits per heavy atom. The normalized spacial score (nSPS) is 26.8. The lowest BCUT2D eigenvalue weighted by Gasteiger charge is -2.47. The first-order chi connectivity index (χ1) is 20.6. The Kier molecular flexibility index (Phi) is 11.4. The van der Waals surface area contributed by atoms with Crippen LogP contribution in [-0.4, -0.2) is 65.1 Å². The molecule has 7 nitrogen and oxygen atoms in total. The average Bonchev–Trinajstić information content (AvgIpc) is 3.00. The molecule has 1 fully saturated rings. The summed E-state index contributed by atoms with van der Waals surface area (Å²) in [4.78, 5) is 12.1. The van der Waals surface area contributed by atoms with Crippen LogP contribution < -0.4 is 10.4 Å². The van der Waals surface area contributed by atoms with Crippen LogP contribution in [0.3, 0.4) is 0 Å². The molecule has 0 saturated carbocycles. The second kappa shape index (κ2) is 14.8. The molecule has 0 radical (unpaired) electrons. The maximum absolute atomic E-state index is 12.1. The third kappa shape index (κ3) is 7.84. The van der Waals surface area contributed by atoms with Crippen LogP contribution in [0.1, 0.15) is 59.8 Å². The van der Waals surface area contributed by atoms with Gasteiger partial charge in [-0.05, 0) is 40.8 Å². The van der Waals surface area contributed by atoms with Gasteiger partial charge in [-0.25, -0.2) is 4.79 Å². The SMILES string of the molecule is COC(=O)[C@@H]1C=C[C@H](C)[C@@H](C[C@H](C[C@@H]2C[C@@H](O[Si](c3ccccc3)(c3ccccc3)C(C)(C)C)C[C@H](CC#N)O2)OC)O1. The van der Waals surface area contributed by atoms with Gasteiger partial charge in [0.05, 0.1) is 50.1 Å². The number of ether oxygens (including phenoxy) is 4. The Morgan fingerprint density at radius 2 is 1.56 bits per heavy atom. The number of nitriles is 1. The number of rotatable bonds is 11. The van der Waals surface area contributed by atoms with Crippen LogP contribution in [0.5, 0.6) is 0 Å². The van der Waals surface area contributed by atoms with Crippen LogP contribution >= 0.6 is 0 Å². The molecule has 0 aliphatic carbocycles. The van der Waals surface area contributed by atoms with Crippen molar-refractivity contribution < 1.29 is 28.2 Å². The van der Waals surface area contributed by atoms with Gasteiger partial charge in [0, 0.05) is 19.4 Å². The molecule has 0 spiro atoms. The van der Waals surface area contributed by atoms with Gasteiger partial charge in [-0.2, -0.15) is 5.26 Å². The minimum absolute atomic E-state index is 0.0857. The maximum Gasteiger partial charge on any atom is 0.339 e. The lowest BCUT2D eigenvalue weighted by Crippen LogP contribution is -2.68. The Labute approximate surface area is 258 Å². The van der Waals surface area contributed by atoms with Crippen molar-refractivity contribution in [2.75, 3.05) is 14.2 Å². The van der Waals surface area contributed by atoms with Crippen LogP contribution in [0, 0.1) is 17.2 Å². The van der Waals surface area contributed by atoms with Crippen molar-refractivity contribution in [2.45, 2.75) is 101 Å². The number of benzene rings is 2. The first-order valence-electron chi connectivity index (χ1n) is 15.4. The zero-order valence-corrected chi connectivity index (χ0v) is 27.4. The van der Waals surface area contributed by atoms with Gasteiger partial charge in [-0.15, -0.1) is 0 Å². The molecule has 0 aromatic heterocycles. The Balaban J connectivity index is 1.58. The van der Waals surface area contributed by atoms with E-state index in [4.69, 9.17) is 23.4 Å². The zero-order chi connectivity index (χ0) is 31.0. The zero-order valence-electron chi connectivity index (χ0n) is 26.4. The Hall–Kier alpha value is -2.80. The molecule has 2 aromatic carbocycles. The molecule has 232 valence electrons.